The molecule has 6 heterocycles. The largest absolute Gasteiger partial charge is 0.486 e. The van der Waals surface area contributed by atoms with E-state index in [4.69, 9.17) is 20.9 Å². The molecule has 53 heavy (non-hydrogen) atoms. The minimum Gasteiger partial charge on any atom is -0.486 e. The zero-order valence-corrected chi connectivity index (χ0v) is 28.9. The van der Waals surface area contributed by atoms with Crippen molar-refractivity contribution >= 4 is 33.4 Å². The zero-order chi connectivity index (χ0) is 36.9. The molecule has 0 amide bonds. The number of nitrogens with one attached hydrogen (secondary N) is 1. The van der Waals surface area contributed by atoms with Crippen molar-refractivity contribution in [1.82, 2.24) is 34.8 Å². The average molecular weight is 728 g/mol. The number of aromatic nitrogens is 5. The molecule has 5 aromatic rings. The van der Waals surface area contributed by atoms with E-state index >= 15 is 8.78 Å². The van der Waals surface area contributed by atoms with Crippen LogP contribution in [-0.2, 0) is 13.7 Å². The number of benzene rings is 2. The van der Waals surface area contributed by atoms with Gasteiger partial charge in [-0.05, 0) is 60.7 Å². The second-order valence-electron chi connectivity index (χ2n) is 13.8. The summed E-state index contributed by atoms with van der Waals surface area (Å²) in [6.45, 7) is 2.48. The van der Waals surface area contributed by atoms with E-state index in [0.29, 0.717) is 48.3 Å². The number of rotatable bonds is 9. The van der Waals surface area contributed by atoms with Gasteiger partial charge in [0.15, 0.2) is 17.3 Å². The summed E-state index contributed by atoms with van der Waals surface area (Å²) in [4.78, 5) is 30.5. The predicted octanol–water partition coefficient (Wildman–Crippen LogP) is 5.78. The maximum Gasteiger partial charge on any atom is 0.434 e. The number of halogens is 3. The smallest absolute Gasteiger partial charge is 0.434 e. The van der Waals surface area contributed by atoms with E-state index < -0.39 is 28.3 Å². The van der Waals surface area contributed by atoms with Gasteiger partial charge in [0.25, 0.3) is 0 Å². The molecule has 2 aromatic carbocycles. The standard InChI is InChI=1S/C37H36F3N9O4/c1-3-26-29(39)9-8-22-14-25(52-20-24-17-42-36(46(24)2)49(50)51)15-27(30(22)26)32-31(40)33-28(18-41-32)34(48-13-6-4-5-11-43-48)45-35(44-33)53-21-37-10-7-12-47(37)19-23(38)16-37/h1,8-9,14-15,17-18,23,43H,4-7,10-13,16,19-21H2,2H3/t23-,37+/m1/s1. The fourth-order valence-corrected chi connectivity index (χ4v) is 7.89. The molecule has 3 fully saturated rings. The lowest BCUT2D eigenvalue weighted by atomic mass is 9.95. The number of alkyl halides is 1. The average Bonchev–Trinajstić information content (AvgIpc) is 3.72. The van der Waals surface area contributed by atoms with Crippen LogP contribution in [0, 0.1) is 34.1 Å². The van der Waals surface area contributed by atoms with Gasteiger partial charge < -0.3 is 19.6 Å². The Hall–Kier alpha value is -5.53. The summed E-state index contributed by atoms with van der Waals surface area (Å²) in [6.07, 6.45) is 12.6. The van der Waals surface area contributed by atoms with E-state index in [1.807, 2.05) is 5.01 Å². The first-order valence-electron chi connectivity index (χ1n) is 17.6. The van der Waals surface area contributed by atoms with Crippen LogP contribution in [-0.4, -0.2) is 78.8 Å². The van der Waals surface area contributed by atoms with Crippen molar-refractivity contribution in [3.8, 4) is 35.4 Å². The van der Waals surface area contributed by atoms with Crippen LogP contribution in [0.15, 0.2) is 36.7 Å². The molecule has 0 bridgehead atoms. The van der Waals surface area contributed by atoms with E-state index in [9.17, 15) is 14.5 Å². The van der Waals surface area contributed by atoms with Crippen molar-refractivity contribution in [2.24, 2.45) is 7.05 Å². The lowest BCUT2D eigenvalue weighted by Crippen LogP contribution is -2.43. The number of imidazole rings is 1. The van der Waals surface area contributed by atoms with Gasteiger partial charge in [-0.1, -0.05) is 23.4 Å². The van der Waals surface area contributed by atoms with Gasteiger partial charge >= 0.3 is 12.0 Å². The summed E-state index contributed by atoms with van der Waals surface area (Å²) >= 11 is 0. The highest BCUT2D eigenvalue weighted by Gasteiger charge is 2.49. The van der Waals surface area contributed by atoms with Gasteiger partial charge in [0, 0.05) is 43.2 Å². The minimum absolute atomic E-state index is 0.0549. The molecule has 16 heteroatoms. The summed E-state index contributed by atoms with van der Waals surface area (Å²) in [6, 6.07) is 5.79. The van der Waals surface area contributed by atoms with Gasteiger partial charge in [-0.2, -0.15) is 9.97 Å². The van der Waals surface area contributed by atoms with Crippen LogP contribution < -0.4 is 19.9 Å². The third kappa shape index (κ3) is 6.23. The summed E-state index contributed by atoms with van der Waals surface area (Å²) in [5.41, 5.74) is 3.13. The number of nitro groups is 1. The van der Waals surface area contributed by atoms with Crippen LogP contribution in [0.25, 0.3) is 32.9 Å². The van der Waals surface area contributed by atoms with Crippen LogP contribution >= 0.6 is 0 Å². The highest BCUT2D eigenvalue weighted by Crippen LogP contribution is 2.42. The molecule has 2 atom stereocenters. The number of hydrazine groups is 1. The lowest BCUT2D eigenvalue weighted by Gasteiger charge is -2.31. The Morgan fingerprint density at radius 1 is 1.11 bits per heavy atom. The van der Waals surface area contributed by atoms with Crippen molar-refractivity contribution in [1.29, 1.82) is 0 Å². The van der Waals surface area contributed by atoms with Crippen LogP contribution in [0.4, 0.5) is 24.9 Å². The Bertz CT molecular complexity index is 2290. The van der Waals surface area contributed by atoms with E-state index in [-0.39, 0.29) is 58.6 Å². The fraction of sp³-hybridized carbons (Fsp3) is 0.405. The van der Waals surface area contributed by atoms with E-state index in [1.165, 1.54) is 42.2 Å². The molecule has 0 spiro atoms. The molecule has 0 unspecified atom stereocenters. The minimum atomic E-state index is -0.950. The second-order valence-corrected chi connectivity index (χ2v) is 13.8. The Kier molecular flexibility index (Phi) is 8.99. The summed E-state index contributed by atoms with van der Waals surface area (Å²) in [5, 5.41) is 14.2. The number of anilines is 1. The van der Waals surface area contributed by atoms with Crippen LogP contribution in [0.1, 0.15) is 49.8 Å². The third-order valence-electron chi connectivity index (χ3n) is 10.5. The number of nitrogens with zero attached hydrogens (tertiary/aromatic N) is 8. The van der Waals surface area contributed by atoms with Crippen molar-refractivity contribution in [2.75, 3.05) is 37.8 Å². The molecule has 3 aromatic heterocycles. The molecule has 0 radical (unpaired) electrons. The van der Waals surface area contributed by atoms with Gasteiger partial charge in [-0.3, -0.25) is 14.9 Å². The number of fused-ring (bicyclic) bond motifs is 3. The normalized spacial score (nSPS) is 20.4. The highest BCUT2D eigenvalue weighted by atomic mass is 19.1. The number of terminal acetylenes is 1. The van der Waals surface area contributed by atoms with Crippen LogP contribution in [0.2, 0.25) is 0 Å². The van der Waals surface area contributed by atoms with Crippen molar-refractivity contribution < 1.29 is 27.6 Å². The Labute approximate surface area is 302 Å². The Morgan fingerprint density at radius 2 is 1.98 bits per heavy atom. The first-order valence-corrected chi connectivity index (χ1v) is 17.6. The number of pyridine rings is 1. The molecular formula is C37H36F3N9O4. The van der Waals surface area contributed by atoms with Crippen LogP contribution in [0.3, 0.4) is 0 Å². The highest BCUT2D eigenvalue weighted by molar-refractivity contribution is 6.03. The molecule has 0 aliphatic carbocycles. The molecule has 8 rings (SSSR count). The summed E-state index contributed by atoms with van der Waals surface area (Å²) < 4.78 is 60.5. The van der Waals surface area contributed by atoms with Crippen LogP contribution in [0.5, 0.6) is 11.8 Å². The van der Waals surface area contributed by atoms with E-state index in [2.05, 4.69) is 31.2 Å². The molecule has 0 saturated carbocycles. The SMILES string of the molecule is C#Cc1c(F)ccc2cc(OCc3cnc([N+](=O)[O-])n3C)cc(-c3ncc4c(N5CCCCCN5)nc(OC[C@@]56CCCN5C[C@H](F)C6)nc4c3F)c12. The van der Waals surface area contributed by atoms with Gasteiger partial charge in [0.2, 0.25) is 0 Å². The second kappa shape index (κ2) is 13.8. The Morgan fingerprint density at radius 3 is 2.79 bits per heavy atom. The number of hydrogen-bond donors (Lipinski definition) is 1. The van der Waals surface area contributed by atoms with E-state index in [0.717, 1.165) is 38.6 Å². The molecule has 274 valence electrons. The molecule has 13 nitrogen and oxygen atoms in total. The lowest BCUT2D eigenvalue weighted by molar-refractivity contribution is -0.396. The molecule has 3 aliphatic rings. The molecule has 3 aliphatic heterocycles. The first-order chi connectivity index (χ1) is 25.7. The monoisotopic (exact) mass is 727 g/mol. The van der Waals surface area contributed by atoms with Gasteiger partial charge in [-0.25, -0.2) is 23.2 Å². The molecule has 3 saturated heterocycles. The maximum atomic E-state index is 17.2. The Balaban J connectivity index is 1.24. The third-order valence-corrected chi connectivity index (χ3v) is 10.5. The van der Waals surface area contributed by atoms with Gasteiger partial charge in [0.1, 0.15) is 48.4 Å². The fourth-order valence-electron chi connectivity index (χ4n) is 7.89. The van der Waals surface area contributed by atoms with Gasteiger partial charge in [-0.15, -0.1) is 6.42 Å². The zero-order valence-electron chi connectivity index (χ0n) is 28.9. The number of hydrogen-bond acceptors (Lipinski definition) is 11. The first kappa shape index (κ1) is 34.6. The van der Waals surface area contributed by atoms with Crippen molar-refractivity contribution in [3.05, 3.63) is 69.7 Å². The summed E-state index contributed by atoms with van der Waals surface area (Å²) in [5.74, 6) is 1.20. The topological polar surface area (TPSA) is 137 Å². The molecular weight excluding hydrogens is 691 g/mol. The van der Waals surface area contributed by atoms with E-state index in [1.54, 1.807) is 6.07 Å². The number of ether oxygens (including phenoxy) is 2. The summed E-state index contributed by atoms with van der Waals surface area (Å²) in [7, 11) is 1.50. The van der Waals surface area contributed by atoms with Gasteiger partial charge in [0.05, 0.1) is 23.5 Å². The van der Waals surface area contributed by atoms with Crippen molar-refractivity contribution in [2.45, 2.75) is 56.8 Å². The molecule has 1 N–H and O–H groups in total. The predicted molar refractivity (Wildman–Crippen MR) is 190 cm³/mol. The van der Waals surface area contributed by atoms with Crippen molar-refractivity contribution in [3.63, 3.8) is 0 Å². The maximum absolute atomic E-state index is 17.2. The quantitative estimate of drug-likeness (QED) is 0.113.